The van der Waals surface area contributed by atoms with E-state index in [4.69, 9.17) is 4.98 Å². The van der Waals surface area contributed by atoms with Crippen molar-refractivity contribution in [3.05, 3.63) is 40.2 Å². The third-order valence-electron chi connectivity index (χ3n) is 4.34. The monoisotopic (exact) mass is 300 g/mol. The van der Waals surface area contributed by atoms with E-state index in [1.165, 1.54) is 41.8 Å². The highest BCUT2D eigenvalue weighted by atomic mass is 32.1. The Labute approximate surface area is 131 Å². The molecule has 1 aromatic carbocycles. The Hall–Kier alpha value is -1.19. The Morgan fingerprint density at radius 2 is 1.95 bits per heavy atom. The van der Waals surface area contributed by atoms with E-state index in [0.29, 0.717) is 0 Å². The van der Waals surface area contributed by atoms with Gasteiger partial charge in [0.1, 0.15) is 0 Å². The molecule has 1 aromatic heterocycles. The number of nitrogens with one attached hydrogen (secondary N) is 1. The number of rotatable bonds is 6. The molecule has 0 radical (unpaired) electrons. The van der Waals surface area contributed by atoms with Crippen molar-refractivity contribution in [2.75, 3.05) is 6.54 Å². The highest BCUT2D eigenvalue weighted by Gasteiger charge is 2.13. The summed E-state index contributed by atoms with van der Waals surface area (Å²) in [6.07, 6.45) is 7.64. The van der Waals surface area contributed by atoms with Crippen LogP contribution in [0.2, 0.25) is 0 Å². The fraction of sp³-hybridized carbons (Fsp3) is 0.500. The molecular weight excluding hydrogens is 276 g/mol. The van der Waals surface area contributed by atoms with E-state index in [-0.39, 0.29) is 0 Å². The molecule has 3 rings (SSSR count). The standard InChI is InChI=1S/C18H24N2S/c1-2-14-7-9-15(10-8-14)17-13-21-18(20-17)11-12-19-16-5-3-4-6-16/h7-10,13,16,19H,2-6,11-12H2,1H3. The number of thiazole rings is 1. The molecule has 2 nitrogen and oxygen atoms in total. The van der Waals surface area contributed by atoms with Crippen LogP contribution in [0.5, 0.6) is 0 Å². The number of hydrogen-bond donors (Lipinski definition) is 1. The average molecular weight is 300 g/mol. The summed E-state index contributed by atoms with van der Waals surface area (Å²) >= 11 is 1.79. The van der Waals surface area contributed by atoms with Crippen molar-refractivity contribution in [2.24, 2.45) is 0 Å². The molecule has 0 bridgehead atoms. The Balaban J connectivity index is 1.54. The molecule has 0 unspecified atom stereocenters. The lowest BCUT2D eigenvalue weighted by Gasteiger charge is -2.10. The number of benzene rings is 1. The Bertz CT molecular complexity index is 553. The quantitative estimate of drug-likeness (QED) is 0.852. The Morgan fingerprint density at radius 1 is 1.19 bits per heavy atom. The average Bonchev–Trinajstić information content (AvgIpc) is 3.19. The minimum absolute atomic E-state index is 0.756. The molecule has 1 aliphatic rings. The SMILES string of the molecule is CCc1ccc(-c2csc(CCNC3CCCC3)n2)cc1. The molecule has 0 atom stereocenters. The summed E-state index contributed by atoms with van der Waals surface area (Å²) in [5.41, 5.74) is 3.74. The van der Waals surface area contributed by atoms with Gasteiger partial charge in [0.05, 0.1) is 10.7 Å². The number of aryl methyl sites for hydroxylation is 1. The first-order valence-electron chi connectivity index (χ1n) is 8.12. The minimum Gasteiger partial charge on any atom is -0.314 e. The summed E-state index contributed by atoms with van der Waals surface area (Å²) in [6, 6.07) is 9.54. The largest absolute Gasteiger partial charge is 0.314 e. The summed E-state index contributed by atoms with van der Waals surface area (Å²) < 4.78 is 0. The molecular formula is C18H24N2S. The molecule has 3 heteroatoms. The molecule has 1 aliphatic carbocycles. The van der Waals surface area contributed by atoms with Gasteiger partial charge in [0.15, 0.2) is 0 Å². The predicted octanol–water partition coefficient (Wildman–Crippen LogP) is 4.45. The molecule has 0 saturated heterocycles. The zero-order chi connectivity index (χ0) is 14.5. The summed E-state index contributed by atoms with van der Waals surface area (Å²) in [5.74, 6) is 0. The Kier molecular flexibility index (Phi) is 5.04. The van der Waals surface area contributed by atoms with E-state index in [0.717, 1.165) is 31.1 Å². The fourth-order valence-corrected chi connectivity index (χ4v) is 3.79. The lowest BCUT2D eigenvalue weighted by molar-refractivity contribution is 0.527. The summed E-state index contributed by atoms with van der Waals surface area (Å²) in [4.78, 5) is 4.78. The van der Waals surface area contributed by atoms with E-state index in [1.807, 2.05) is 0 Å². The zero-order valence-electron chi connectivity index (χ0n) is 12.8. The second-order valence-corrected chi connectivity index (χ2v) is 6.81. The maximum absolute atomic E-state index is 4.78. The molecule has 0 aliphatic heterocycles. The molecule has 0 amide bonds. The van der Waals surface area contributed by atoms with Gasteiger partial charge in [0, 0.05) is 30.0 Å². The van der Waals surface area contributed by atoms with Crippen LogP contribution in [0.1, 0.15) is 43.2 Å². The van der Waals surface area contributed by atoms with Crippen LogP contribution in [0, 0.1) is 0 Å². The van der Waals surface area contributed by atoms with Crippen molar-refractivity contribution >= 4 is 11.3 Å². The van der Waals surface area contributed by atoms with Gasteiger partial charge in [-0.25, -0.2) is 4.98 Å². The van der Waals surface area contributed by atoms with Gasteiger partial charge in [-0.2, -0.15) is 0 Å². The maximum atomic E-state index is 4.78. The van der Waals surface area contributed by atoms with Crippen molar-refractivity contribution in [2.45, 2.75) is 51.5 Å². The lowest BCUT2D eigenvalue weighted by atomic mass is 10.1. The normalized spacial score (nSPS) is 15.7. The molecule has 0 spiro atoms. The first kappa shape index (κ1) is 14.7. The van der Waals surface area contributed by atoms with Gasteiger partial charge in [-0.15, -0.1) is 11.3 Å². The molecule has 2 aromatic rings. The number of nitrogens with zero attached hydrogens (tertiary/aromatic N) is 1. The van der Waals surface area contributed by atoms with Crippen LogP contribution in [0.3, 0.4) is 0 Å². The molecule has 1 saturated carbocycles. The van der Waals surface area contributed by atoms with E-state index >= 15 is 0 Å². The minimum atomic E-state index is 0.756. The number of hydrogen-bond acceptors (Lipinski definition) is 3. The van der Waals surface area contributed by atoms with E-state index in [1.54, 1.807) is 11.3 Å². The van der Waals surface area contributed by atoms with Gasteiger partial charge < -0.3 is 5.32 Å². The van der Waals surface area contributed by atoms with Crippen molar-refractivity contribution in [3.8, 4) is 11.3 Å². The maximum Gasteiger partial charge on any atom is 0.0945 e. The van der Waals surface area contributed by atoms with Gasteiger partial charge in [-0.05, 0) is 24.8 Å². The van der Waals surface area contributed by atoms with Crippen LogP contribution >= 0.6 is 11.3 Å². The molecule has 21 heavy (non-hydrogen) atoms. The van der Waals surface area contributed by atoms with Crippen LogP contribution in [0.4, 0.5) is 0 Å². The van der Waals surface area contributed by atoms with Gasteiger partial charge in [0.25, 0.3) is 0 Å². The van der Waals surface area contributed by atoms with Gasteiger partial charge in [0.2, 0.25) is 0 Å². The van der Waals surface area contributed by atoms with Crippen LogP contribution in [-0.2, 0) is 12.8 Å². The van der Waals surface area contributed by atoms with E-state index in [9.17, 15) is 0 Å². The van der Waals surface area contributed by atoms with Crippen molar-refractivity contribution in [3.63, 3.8) is 0 Å². The van der Waals surface area contributed by atoms with Crippen LogP contribution in [0.25, 0.3) is 11.3 Å². The van der Waals surface area contributed by atoms with E-state index in [2.05, 4.69) is 41.9 Å². The van der Waals surface area contributed by atoms with Crippen LogP contribution in [-0.4, -0.2) is 17.6 Å². The lowest BCUT2D eigenvalue weighted by Crippen LogP contribution is -2.27. The third kappa shape index (κ3) is 3.92. The topological polar surface area (TPSA) is 24.9 Å². The van der Waals surface area contributed by atoms with Gasteiger partial charge in [-0.3, -0.25) is 0 Å². The van der Waals surface area contributed by atoms with Gasteiger partial charge >= 0.3 is 0 Å². The third-order valence-corrected chi connectivity index (χ3v) is 5.25. The highest BCUT2D eigenvalue weighted by molar-refractivity contribution is 7.09. The molecule has 112 valence electrons. The Morgan fingerprint density at radius 3 is 2.67 bits per heavy atom. The molecule has 1 N–H and O–H groups in total. The summed E-state index contributed by atoms with van der Waals surface area (Å²) in [5, 5.41) is 7.09. The van der Waals surface area contributed by atoms with Crippen molar-refractivity contribution in [1.82, 2.24) is 10.3 Å². The fourth-order valence-electron chi connectivity index (χ4n) is 2.98. The van der Waals surface area contributed by atoms with Crippen molar-refractivity contribution < 1.29 is 0 Å². The smallest absolute Gasteiger partial charge is 0.0945 e. The second kappa shape index (κ2) is 7.19. The predicted molar refractivity (Wildman–Crippen MR) is 90.9 cm³/mol. The van der Waals surface area contributed by atoms with E-state index < -0.39 is 0 Å². The van der Waals surface area contributed by atoms with Crippen LogP contribution < -0.4 is 5.32 Å². The first-order valence-corrected chi connectivity index (χ1v) is 9.00. The highest BCUT2D eigenvalue weighted by Crippen LogP contribution is 2.23. The van der Waals surface area contributed by atoms with Gasteiger partial charge in [-0.1, -0.05) is 44.0 Å². The summed E-state index contributed by atoms with van der Waals surface area (Å²) in [7, 11) is 0. The molecule has 1 heterocycles. The number of aromatic nitrogens is 1. The molecule has 1 fully saturated rings. The van der Waals surface area contributed by atoms with Crippen molar-refractivity contribution in [1.29, 1.82) is 0 Å². The zero-order valence-corrected chi connectivity index (χ0v) is 13.6. The second-order valence-electron chi connectivity index (χ2n) is 5.86. The first-order chi connectivity index (χ1) is 10.3. The van der Waals surface area contributed by atoms with Crippen LogP contribution in [0.15, 0.2) is 29.6 Å². The summed E-state index contributed by atoms with van der Waals surface area (Å²) in [6.45, 7) is 3.25.